The molecule has 3 aromatic rings. The molecule has 0 saturated carbocycles. The molecule has 162 valence electrons. The van der Waals surface area contributed by atoms with Gasteiger partial charge >= 0.3 is 6.18 Å². The van der Waals surface area contributed by atoms with Crippen LogP contribution in [-0.2, 0) is 6.54 Å². The topological polar surface area (TPSA) is 59.0 Å². The van der Waals surface area contributed by atoms with Crippen LogP contribution >= 0.6 is 23.2 Å². The first-order valence-electron chi connectivity index (χ1n) is 9.42. The van der Waals surface area contributed by atoms with Gasteiger partial charge in [-0.25, -0.2) is 4.68 Å². The molecular formula is C21H17Cl2F3N4O. The molecule has 0 bridgehead atoms. The zero-order chi connectivity index (χ0) is 22.2. The maximum absolute atomic E-state index is 13.8. The summed E-state index contributed by atoms with van der Waals surface area (Å²) < 4.78 is 42.2. The molecule has 1 aliphatic heterocycles. The second-order valence-corrected chi connectivity index (χ2v) is 8.01. The fourth-order valence-electron chi connectivity index (χ4n) is 3.50. The van der Waals surface area contributed by atoms with Crippen molar-refractivity contribution in [3.05, 3.63) is 81.5 Å². The zero-order valence-electron chi connectivity index (χ0n) is 16.0. The molecule has 1 amide bonds. The van der Waals surface area contributed by atoms with Crippen LogP contribution in [0.1, 0.15) is 40.1 Å². The number of hydrogen-bond donors (Lipinski definition) is 2. The standard InChI is InChI=1S/C21H17Cl2F3N4O/c22-14-7-6-13(8-15(14)23)16-9-18(21(24,25)26)30-19(28-16)10-17(29-30)20(31)27-11-12-4-2-1-3-5-12/h1-8,10,16,18,28H,9,11H2,(H,27,31). The monoisotopic (exact) mass is 468 g/mol. The summed E-state index contributed by atoms with van der Waals surface area (Å²) >= 11 is 12.0. The summed E-state index contributed by atoms with van der Waals surface area (Å²) in [6.07, 6.45) is -4.85. The summed E-state index contributed by atoms with van der Waals surface area (Å²) in [7, 11) is 0. The van der Waals surface area contributed by atoms with E-state index in [1.165, 1.54) is 18.2 Å². The lowest BCUT2D eigenvalue weighted by atomic mass is 9.97. The highest BCUT2D eigenvalue weighted by Crippen LogP contribution is 2.44. The van der Waals surface area contributed by atoms with Crippen molar-refractivity contribution in [3.8, 4) is 0 Å². The van der Waals surface area contributed by atoms with E-state index in [-0.39, 0.29) is 29.5 Å². The first kappa shape index (κ1) is 21.5. The number of hydrogen-bond acceptors (Lipinski definition) is 3. The van der Waals surface area contributed by atoms with Gasteiger partial charge in [0.15, 0.2) is 11.7 Å². The molecule has 1 aliphatic rings. The molecule has 0 radical (unpaired) electrons. The number of nitrogens with one attached hydrogen (secondary N) is 2. The van der Waals surface area contributed by atoms with Gasteiger partial charge in [-0.1, -0.05) is 59.6 Å². The average molecular weight is 469 g/mol. The largest absolute Gasteiger partial charge is 0.410 e. The number of aromatic nitrogens is 2. The summed E-state index contributed by atoms with van der Waals surface area (Å²) in [4.78, 5) is 12.5. The summed E-state index contributed by atoms with van der Waals surface area (Å²) in [5, 5.41) is 10.2. The number of carbonyl (C=O) groups excluding carboxylic acids is 1. The van der Waals surface area contributed by atoms with Crippen molar-refractivity contribution < 1.29 is 18.0 Å². The maximum atomic E-state index is 13.8. The Morgan fingerprint density at radius 3 is 2.55 bits per heavy atom. The van der Waals surface area contributed by atoms with E-state index in [0.717, 1.165) is 10.2 Å². The third-order valence-electron chi connectivity index (χ3n) is 5.06. The van der Waals surface area contributed by atoms with Crippen LogP contribution in [0.3, 0.4) is 0 Å². The second-order valence-electron chi connectivity index (χ2n) is 7.19. The van der Waals surface area contributed by atoms with E-state index in [2.05, 4.69) is 15.7 Å². The number of fused-ring (bicyclic) bond motifs is 1. The van der Waals surface area contributed by atoms with E-state index >= 15 is 0 Å². The van der Waals surface area contributed by atoms with Gasteiger partial charge in [-0.05, 0) is 23.3 Å². The fourth-order valence-corrected chi connectivity index (χ4v) is 3.81. The van der Waals surface area contributed by atoms with Gasteiger partial charge in [0.1, 0.15) is 5.82 Å². The normalized spacial score (nSPS) is 18.2. The van der Waals surface area contributed by atoms with Crippen LogP contribution in [0, 0.1) is 0 Å². The van der Waals surface area contributed by atoms with Crippen molar-refractivity contribution in [2.45, 2.75) is 31.2 Å². The van der Waals surface area contributed by atoms with Gasteiger partial charge in [0.05, 0.1) is 16.1 Å². The number of anilines is 1. The van der Waals surface area contributed by atoms with E-state index in [4.69, 9.17) is 23.2 Å². The van der Waals surface area contributed by atoms with E-state index in [0.29, 0.717) is 10.6 Å². The van der Waals surface area contributed by atoms with E-state index in [1.54, 1.807) is 6.07 Å². The maximum Gasteiger partial charge on any atom is 0.410 e. The van der Waals surface area contributed by atoms with Gasteiger partial charge in [-0.2, -0.15) is 18.3 Å². The first-order chi connectivity index (χ1) is 14.7. The van der Waals surface area contributed by atoms with Crippen LogP contribution in [0.4, 0.5) is 19.0 Å². The van der Waals surface area contributed by atoms with Gasteiger partial charge in [0.25, 0.3) is 5.91 Å². The third-order valence-corrected chi connectivity index (χ3v) is 5.80. The molecule has 0 spiro atoms. The average Bonchev–Trinajstić information content (AvgIpc) is 3.17. The van der Waals surface area contributed by atoms with Crippen molar-refractivity contribution in [3.63, 3.8) is 0 Å². The lowest BCUT2D eigenvalue weighted by molar-refractivity contribution is -0.173. The predicted molar refractivity (Wildman–Crippen MR) is 112 cm³/mol. The van der Waals surface area contributed by atoms with Gasteiger partial charge < -0.3 is 10.6 Å². The molecule has 4 rings (SSSR count). The van der Waals surface area contributed by atoms with Gasteiger partial charge in [-0.15, -0.1) is 0 Å². The second kappa shape index (κ2) is 8.43. The highest BCUT2D eigenvalue weighted by atomic mass is 35.5. The molecule has 1 aromatic heterocycles. The minimum Gasteiger partial charge on any atom is -0.363 e. The van der Waals surface area contributed by atoms with E-state index in [9.17, 15) is 18.0 Å². The highest BCUT2D eigenvalue weighted by Gasteiger charge is 2.46. The number of alkyl halides is 3. The van der Waals surface area contributed by atoms with Crippen LogP contribution in [-0.4, -0.2) is 21.9 Å². The summed E-state index contributed by atoms with van der Waals surface area (Å²) in [6.45, 7) is 0.240. The Balaban J connectivity index is 1.59. The molecule has 2 aromatic carbocycles. The molecule has 2 N–H and O–H groups in total. The molecule has 31 heavy (non-hydrogen) atoms. The van der Waals surface area contributed by atoms with Gasteiger partial charge in [0.2, 0.25) is 0 Å². The summed E-state index contributed by atoms with van der Waals surface area (Å²) in [5.74, 6) is -0.450. The van der Waals surface area contributed by atoms with E-state index in [1.807, 2.05) is 30.3 Å². The smallest absolute Gasteiger partial charge is 0.363 e. The zero-order valence-corrected chi connectivity index (χ0v) is 17.5. The van der Waals surface area contributed by atoms with Crippen molar-refractivity contribution in [2.75, 3.05) is 5.32 Å². The fraction of sp³-hybridized carbons (Fsp3) is 0.238. The molecular weight excluding hydrogens is 452 g/mol. The molecule has 2 atom stereocenters. The number of halogens is 5. The Morgan fingerprint density at radius 1 is 1.13 bits per heavy atom. The molecule has 0 fully saturated rings. The Bertz CT molecular complexity index is 1100. The van der Waals surface area contributed by atoms with Crippen LogP contribution < -0.4 is 10.6 Å². The Hall–Kier alpha value is -2.71. The minimum atomic E-state index is -4.55. The van der Waals surface area contributed by atoms with Gasteiger partial charge in [0, 0.05) is 19.0 Å². The van der Waals surface area contributed by atoms with Crippen molar-refractivity contribution in [2.24, 2.45) is 0 Å². The van der Waals surface area contributed by atoms with Crippen molar-refractivity contribution in [1.29, 1.82) is 0 Å². The van der Waals surface area contributed by atoms with Crippen LogP contribution in [0.2, 0.25) is 10.0 Å². The summed E-state index contributed by atoms with van der Waals surface area (Å²) in [5.41, 5.74) is 1.33. The van der Waals surface area contributed by atoms with Crippen LogP contribution in [0.25, 0.3) is 0 Å². The molecule has 0 saturated heterocycles. The van der Waals surface area contributed by atoms with Crippen LogP contribution in [0.15, 0.2) is 54.6 Å². The van der Waals surface area contributed by atoms with Gasteiger partial charge in [-0.3, -0.25) is 4.79 Å². The minimum absolute atomic E-state index is 0.0949. The first-order valence-corrected chi connectivity index (χ1v) is 10.2. The molecule has 2 heterocycles. The predicted octanol–water partition coefficient (Wildman–Crippen LogP) is 5.78. The number of rotatable bonds is 4. The number of benzene rings is 2. The van der Waals surface area contributed by atoms with Crippen molar-refractivity contribution in [1.82, 2.24) is 15.1 Å². The Morgan fingerprint density at radius 2 is 1.87 bits per heavy atom. The Labute approximate surface area is 186 Å². The van der Waals surface area contributed by atoms with Crippen molar-refractivity contribution >= 4 is 34.9 Å². The SMILES string of the molecule is O=C(NCc1ccccc1)c1cc2n(n1)C(C(F)(F)F)CC(c1ccc(Cl)c(Cl)c1)N2. The van der Waals surface area contributed by atoms with Crippen LogP contribution in [0.5, 0.6) is 0 Å². The third kappa shape index (κ3) is 4.65. The lowest BCUT2D eigenvalue weighted by Crippen LogP contribution is -2.35. The Kier molecular flexibility index (Phi) is 5.85. The summed E-state index contributed by atoms with van der Waals surface area (Å²) in [6, 6.07) is 12.6. The number of nitrogens with zero attached hydrogens (tertiary/aromatic N) is 2. The number of amides is 1. The molecule has 2 unspecified atom stereocenters. The highest BCUT2D eigenvalue weighted by molar-refractivity contribution is 6.42. The molecule has 10 heteroatoms. The lowest BCUT2D eigenvalue weighted by Gasteiger charge is -2.33. The molecule has 0 aliphatic carbocycles. The number of carbonyl (C=O) groups is 1. The van der Waals surface area contributed by atoms with E-state index < -0.39 is 24.2 Å². The molecule has 5 nitrogen and oxygen atoms in total. The quantitative estimate of drug-likeness (QED) is 0.510.